The maximum Gasteiger partial charge on any atom is 0.147 e. The fourth-order valence-electron chi connectivity index (χ4n) is 1.70. The number of nitrogens with two attached hydrogens (primary N) is 1. The van der Waals surface area contributed by atoms with Crippen LogP contribution in [0.4, 0.5) is 0 Å². The number of phenols is 1. The van der Waals surface area contributed by atoms with Crippen LogP contribution in [0.25, 0.3) is 5.70 Å². The summed E-state index contributed by atoms with van der Waals surface area (Å²) in [5, 5.41) is 9.89. The van der Waals surface area contributed by atoms with Crippen LogP contribution in [0, 0.1) is 0 Å². The minimum Gasteiger partial charge on any atom is -0.506 e. The van der Waals surface area contributed by atoms with E-state index in [2.05, 4.69) is 21.4 Å². The number of phenolic OH excluding ortho intramolecular Hbond substituents is 1. The van der Waals surface area contributed by atoms with E-state index < -0.39 is 0 Å². The summed E-state index contributed by atoms with van der Waals surface area (Å²) < 4.78 is 6.00. The van der Waals surface area contributed by atoms with Crippen molar-refractivity contribution in [1.29, 1.82) is 0 Å². The maximum absolute atomic E-state index is 9.89. The van der Waals surface area contributed by atoms with Gasteiger partial charge in [-0.1, -0.05) is 0 Å². The Morgan fingerprint density at radius 1 is 1.65 bits per heavy atom. The maximum atomic E-state index is 9.89. The Labute approximate surface area is 107 Å². The van der Waals surface area contributed by atoms with Gasteiger partial charge in [-0.25, -0.2) is 0 Å². The third kappa shape index (κ3) is 2.11. The molecule has 6 heteroatoms. The summed E-state index contributed by atoms with van der Waals surface area (Å²) in [6, 6.07) is 1.78. The van der Waals surface area contributed by atoms with E-state index in [0.717, 1.165) is 11.3 Å². The smallest absolute Gasteiger partial charge is 0.147 e. The molecule has 17 heavy (non-hydrogen) atoms. The molecule has 0 atom stereocenters. The summed E-state index contributed by atoms with van der Waals surface area (Å²) >= 11 is 3.31. The van der Waals surface area contributed by atoms with E-state index in [0.29, 0.717) is 22.4 Å². The highest BCUT2D eigenvalue weighted by Crippen LogP contribution is 2.43. The van der Waals surface area contributed by atoms with Gasteiger partial charge in [0, 0.05) is 17.7 Å². The fourth-order valence-corrected chi connectivity index (χ4v) is 2.28. The number of ether oxygens (including phenoxy) is 1. The summed E-state index contributed by atoms with van der Waals surface area (Å²) in [5.74, 6) is 0.701. The van der Waals surface area contributed by atoms with Crippen molar-refractivity contribution in [3.63, 3.8) is 0 Å². The second-order valence-corrected chi connectivity index (χ2v) is 4.31. The van der Waals surface area contributed by atoms with Crippen molar-refractivity contribution in [3.05, 3.63) is 27.7 Å². The standard InChI is InChI=1S/C11H13BrN2O3/c1-16-14-8-2-3-17-11-7(8)4-6(5-13)10(15)9(11)12/h2,4,14-15H,3,5,13H2,1H3. The average Bonchev–Trinajstić information content (AvgIpc) is 2.34. The second-order valence-electron chi connectivity index (χ2n) is 3.51. The second kappa shape index (κ2) is 4.95. The number of nitrogens with one attached hydrogen (secondary N) is 1. The van der Waals surface area contributed by atoms with Gasteiger partial charge in [0.15, 0.2) is 0 Å². The monoisotopic (exact) mass is 300 g/mol. The van der Waals surface area contributed by atoms with E-state index in [1.165, 1.54) is 7.11 Å². The molecule has 0 amide bonds. The van der Waals surface area contributed by atoms with Crippen molar-refractivity contribution in [2.24, 2.45) is 5.73 Å². The van der Waals surface area contributed by atoms with Crippen molar-refractivity contribution in [2.45, 2.75) is 6.54 Å². The van der Waals surface area contributed by atoms with E-state index in [-0.39, 0.29) is 12.3 Å². The zero-order valence-electron chi connectivity index (χ0n) is 9.29. The molecule has 1 aliphatic heterocycles. The predicted octanol–water partition coefficient (Wildman–Crippen LogP) is 1.50. The van der Waals surface area contributed by atoms with Gasteiger partial charge in [-0.15, -0.1) is 0 Å². The van der Waals surface area contributed by atoms with Crippen LogP contribution in [0.2, 0.25) is 0 Å². The van der Waals surface area contributed by atoms with Gasteiger partial charge in [0.25, 0.3) is 0 Å². The summed E-state index contributed by atoms with van der Waals surface area (Å²) in [6.45, 7) is 0.663. The van der Waals surface area contributed by atoms with Crippen molar-refractivity contribution in [1.82, 2.24) is 5.48 Å². The van der Waals surface area contributed by atoms with Crippen LogP contribution in [0.5, 0.6) is 11.5 Å². The number of hydrogen-bond acceptors (Lipinski definition) is 5. The van der Waals surface area contributed by atoms with Crippen molar-refractivity contribution < 1.29 is 14.7 Å². The summed E-state index contributed by atoms with van der Waals surface area (Å²) in [6.07, 6.45) is 1.86. The van der Waals surface area contributed by atoms with Crippen molar-refractivity contribution in [3.8, 4) is 11.5 Å². The Morgan fingerprint density at radius 3 is 3.06 bits per heavy atom. The number of fused-ring (bicyclic) bond motifs is 1. The number of aromatic hydroxyl groups is 1. The molecule has 2 rings (SSSR count). The van der Waals surface area contributed by atoms with Gasteiger partial charge < -0.3 is 15.6 Å². The Bertz CT molecular complexity index is 474. The van der Waals surface area contributed by atoms with Gasteiger partial charge in [0.2, 0.25) is 0 Å². The molecule has 0 radical (unpaired) electrons. The van der Waals surface area contributed by atoms with Crippen LogP contribution in [-0.4, -0.2) is 18.8 Å². The van der Waals surface area contributed by atoms with E-state index in [4.69, 9.17) is 15.3 Å². The highest BCUT2D eigenvalue weighted by Gasteiger charge is 2.21. The van der Waals surface area contributed by atoms with Crippen LogP contribution in [0.3, 0.4) is 0 Å². The minimum atomic E-state index is 0.116. The molecule has 0 fully saturated rings. The summed E-state index contributed by atoms with van der Waals surface area (Å²) in [5.41, 5.74) is 10.6. The lowest BCUT2D eigenvalue weighted by Gasteiger charge is -2.22. The molecule has 1 aliphatic rings. The van der Waals surface area contributed by atoms with Gasteiger partial charge >= 0.3 is 0 Å². The number of rotatable bonds is 3. The number of benzene rings is 1. The third-order valence-electron chi connectivity index (χ3n) is 2.51. The molecule has 92 valence electrons. The quantitative estimate of drug-likeness (QED) is 0.738. The zero-order chi connectivity index (χ0) is 12.4. The Kier molecular flexibility index (Phi) is 3.56. The highest BCUT2D eigenvalue weighted by molar-refractivity contribution is 9.10. The van der Waals surface area contributed by atoms with Crippen LogP contribution >= 0.6 is 15.9 Å². The molecule has 0 bridgehead atoms. The van der Waals surface area contributed by atoms with E-state index >= 15 is 0 Å². The van der Waals surface area contributed by atoms with Gasteiger partial charge in [-0.3, -0.25) is 10.3 Å². The highest BCUT2D eigenvalue weighted by atomic mass is 79.9. The first kappa shape index (κ1) is 12.2. The number of hydrogen-bond donors (Lipinski definition) is 3. The average molecular weight is 301 g/mol. The molecule has 0 spiro atoms. The predicted molar refractivity (Wildman–Crippen MR) is 67.3 cm³/mol. The first-order valence-corrected chi connectivity index (χ1v) is 5.85. The van der Waals surface area contributed by atoms with Crippen LogP contribution in [0.1, 0.15) is 11.1 Å². The SMILES string of the molecule is CONC1=CCOc2c1cc(CN)c(O)c2Br. The fraction of sp³-hybridized carbons (Fsp3) is 0.273. The first-order valence-electron chi connectivity index (χ1n) is 5.05. The van der Waals surface area contributed by atoms with E-state index in [1.54, 1.807) is 6.07 Å². The number of hydroxylamine groups is 1. The molecular formula is C11H13BrN2O3. The van der Waals surface area contributed by atoms with Crippen molar-refractivity contribution in [2.75, 3.05) is 13.7 Å². The Morgan fingerprint density at radius 2 is 2.41 bits per heavy atom. The molecule has 0 saturated carbocycles. The third-order valence-corrected chi connectivity index (χ3v) is 3.25. The van der Waals surface area contributed by atoms with Crippen LogP contribution in [0.15, 0.2) is 16.6 Å². The lowest BCUT2D eigenvalue weighted by molar-refractivity contribution is 0.135. The van der Waals surface area contributed by atoms with E-state index in [9.17, 15) is 5.11 Å². The lowest BCUT2D eigenvalue weighted by atomic mass is 10.0. The summed E-state index contributed by atoms with van der Waals surface area (Å²) in [7, 11) is 1.54. The summed E-state index contributed by atoms with van der Waals surface area (Å²) in [4.78, 5) is 4.90. The molecule has 0 unspecified atom stereocenters. The molecule has 0 aromatic heterocycles. The van der Waals surface area contributed by atoms with Gasteiger partial charge in [-0.05, 0) is 28.1 Å². The Balaban J connectivity index is 2.56. The molecule has 0 aliphatic carbocycles. The van der Waals surface area contributed by atoms with Gasteiger partial charge in [-0.2, -0.15) is 0 Å². The molecule has 1 aromatic carbocycles. The van der Waals surface area contributed by atoms with Gasteiger partial charge in [0.05, 0.1) is 12.8 Å². The lowest BCUT2D eigenvalue weighted by Crippen LogP contribution is -2.17. The van der Waals surface area contributed by atoms with Crippen molar-refractivity contribution >= 4 is 21.6 Å². The zero-order valence-corrected chi connectivity index (χ0v) is 10.9. The Hall–Kier alpha value is -1.24. The molecule has 1 heterocycles. The molecular weight excluding hydrogens is 288 g/mol. The molecule has 4 N–H and O–H groups in total. The van der Waals surface area contributed by atoms with E-state index in [1.807, 2.05) is 6.08 Å². The molecule has 0 saturated heterocycles. The van der Waals surface area contributed by atoms with Crippen LogP contribution in [-0.2, 0) is 11.4 Å². The number of halogens is 1. The first-order chi connectivity index (χ1) is 8.19. The van der Waals surface area contributed by atoms with Gasteiger partial charge in [0.1, 0.15) is 22.6 Å². The molecule has 1 aromatic rings. The normalized spacial score (nSPS) is 13.7. The molecule has 5 nitrogen and oxygen atoms in total. The minimum absolute atomic E-state index is 0.116. The van der Waals surface area contributed by atoms with Crippen LogP contribution < -0.4 is 16.0 Å². The largest absolute Gasteiger partial charge is 0.506 e. The topological polar surface area (TPSA) is 76.7 Å².